The first kappa shape index (κ1) is 31.8. The van der Waals surface area contributed by atoms with Crippen molar-refractivity contribution in [3.63, 3.8) is 0 Å². The van der Waals surface area contributed by atoms with E-state index >= 15 is 0 Å². The van der Waals surface area contributed by atoms with Gasteiger partial charge in [-0.1, -0.05) is 32.9 Å². The van der Waals surface area contributed by atoms with E-state index in [-0.39, 0.29) is 17.7 Å². The predicted octanol–water partition coefficient (Wildman–Crippen LogP) is 4.67. The lowest BCUT2D eigenvalue weighted by Crippen LogP contribution is -2.28. The summed E-state index contributed by atoms with van der Waals surface area (Å²) < 4.78 is 21.9. The van der Waals surface area contributed by atoms with Crippen LogP contribution in [0.25, 0.3) is 0 Å². The summed E-state index contributed by atoms with van der Waals surface area (Å²) >= 11 is 0. The Morgan fingerprint density at radius 2 is 1.18 bits per heavy atom. The molecule has 8 nitrogen and oxygen atoms in total. The van der Waals surface area contributed by atoms with Gasteiger partial charge in [-0.05, 0) is 61.3 Å². The van der Waals surface area contributed by atoms with Gasteiger partial charge in [0, 0.05) is 37.1 Å². The molecular weight excluding hydrogens is 496 g/mol. The first-order valence-electron chi connectivity index (χ1n) is 13.8. The van der Waals surface area contributed by atoms with Crippen molar-refractivity contribution in [1.82, 2.24) is 10.6 Å². The van der Waals surface area contributed by atoms with Crippen LogP contribution in [0.15, 0.2) is 24.3 Å². The summed E-state index contributed by atoms with van der Waals surface area (Å²) in [5.41, 5.74) is 4.48. The van der Waals surface area contributed by atoms with Crippen LogP contribution in [0, 0.1) is 5.92 Å². The van der Waals surface area contributed by atoms with Gasteiger partial charge in [0.05, 0.1) is 28.4 Å². The summed E-state index contributed by atoms with van der Waals surface area (Å²) in [4.78, 5) is 24.9. The maximum Gasteiger partial charge on any atom is 0.220 e. The normalized spacial score (nSPS) is 11.5. The van der Waals surface area contributed by atoms with Crippen LogP contribution in [0.1, 0.15) is 62.3 Å². The van der Waals surface area contributed by atoms with Crippen LogP contribution in [-0.2, 0) is 35.3 Å². The monoisotopic (exact) mass is 542 g/mol. The summed E-state index contributed by atoms with van der Waals surface area (Å²) in [6.07, 6.45) is 4.51. The van der Waals surface area contributed by atoms with Crippen LogP contribution in [0.5, 0.6) is 23.0 Å². The van der Waals surface area contributed by atoms with Crippen LogP contribution in [0.2, 0.25) is 0 Å². The molecule has 0 saturated carbocycles. The number of hydrogen-bond donors (Lipinski definition) is 2. The van der Waals surface area contributed by atoms with Crippen LogP contribution >= 0.6 is 0 Å². The minimum Gasteiger partial charge on any atom is -0.493 e. The molecule has 0 bridgehead atoms. The average molecular weight is 543 g/mol. The highest BCUT2D eigenvalue weighted by molar-refractivity contribution is 5.77. The van der Waals surface area contributed by atoms with Gasteiger partial charge in [-0.15, -0.1) is 0 Å². The van der Waals surface area contributed by atoms with E-state index in [0.717, 1.165) is 46.6 Å². The summed E-state index contributed by atoms with van der Waals surface area (Å²) in [5, 5.41) is 6.02. The Morgan fingerprint density at radius 1 is 0.718 bits per heavy atom. The lowest BCUT2D eigenvalue weighted by atomic mass is 9.99. The van der Waals surface area contributed by atoms with E-state index in [9.17, 15) is 9.59 Å². The fourth-order valence-corrected chi connectivity index (χ4v) is 4.94. The number of methoxy groups -OCH3 is 4. The van der Waals surface area contributed by atoms with E-state index in [0.29, 0.717) is 56.7 Å². The predicted molar refractivity (Wildman–Crippen MR) is 154 cm³/mol. The molecule has 0 fully saturated rings. The number of benzene rings is 2. The molecule has 216 valence electrons. The lowest BCUT2D eigenvalue weighted by Gasteiger charge is -2.17. The van der Waals surface area contributed by atoms with Gasteiger partial charge in [0.1, 0.15) is 0 Å². The van der Waals surface area contributed by atoms with Crippen LogP contribution in [-0.4, -0.2) is 53.3 Å². The Morgan fingerprint density at radius 3 is 1.59 bits per heavy atom. The van der Waals surface area contributed by atoms with Crippen molar-refractivity contribution in [3.05, 3.63) is 46.5 Å². The van der Waals surface area contributed by atoms with Gasteiger partial charge >= 0.3 is 0 Å². The summed E-state index contributed by atoms with van der Waals surface area (Å²) in [7, 11) is 6.55. The molecule has 0 radical (unpaired) electrons. The van der Waals surface area contributed by atoms with Gasteiger partial charge in [0.15, 0.2) is 23.0 Å². The molecule has 2 rings (SSSR count). The molecule has 2 aromatic rings. The molecule has 0 aliphatic heterocycles. The van der Waals surface area contributed by atoms with Crippen LogP contribution in [0.3, 0.4) is 0 Å². The van der Waals surface area contributed by atoms with Crippen molar-refractivity contribution in [1.29, 1.82) is 0 Å². The third kappa shape index (κ3) is 9.08. The zero-order chi connectivity index (χ0) is 28.8. The topological polar surface area (TPSA) is 95.1 Å². The van der Waals surface area contributed by atoms with Crippen molar-refractivity contribution < 1.29 is 28.5 Å². The average Bonchev–Trinajstić information content (AvgIpc) is 2.94. The number of hydrogen-bond acceptors (Lipinski definition) is 6. The Kier molecular flexibility index (Phi) is 13.5. The number of rotatable bonds is 17. The van der Waals surface area contributed by atoms with Crippen molar-refractivity contribution in [2.45, 2.75) is 65.7 Å². The molecule has 0 aliphatic carbocycles. The molecule has 2 amide bonds. The zero-order valence-electron chi connectivity index (χ0n) is 24.7. The highest BCUT2D eigenvalue weighted by Crippen LogP contribution is 2.35. The molecule has 2 aromatic carbocycles. The third-order valence-corrected chi connectivity index (χ3v) is 7.03. The number of ether oxygens (including phenoxy) is 4. The Hall–Kier alpha value is -3.42. The molecule has 2 N–H and O–H groups in total. The van der Waals surface area contributed by atoms with E-state index in [1.54, 1.807) is 28.4 Å². The van der Waals surface area contributed by atoms with E-state index in [4.69, 9.17) is 18.9 Å². The summed E-state index contributed by atoms with van der Waals surface area (Å²) in [5.74, 6) is 3.05. The van der Waals surface area contributed by atoms with Gasteiger partial charge in [0.2, 0.25) is 11.8 Å². The molecule has 0 aromatic heterocycles. The Labute approximate surface area is 233 Å². The second-order valence-electron chi connectivity index (χ2n) is 9.63. The highest BCUT2D eigenvalue weighted by Gasteiger charge is 2.16. The van der Waals surface area contributed by atoms with Crippen molar-refractivity contribution in [2.24, 2.45) is 5.92 Å². The maximum atomic E-state index is 12.5. The van der Waals surface area contributed by atoms with E-state index in [1.165, 1.54) is 0 Å². The zero-order valence-corrected chi connectivity index (χ0v) is 24.7. The van der Waals surface area contributed by atoms with E-state index < -0.39 is 0 Å². The minimum absolute atomic E-state index is 0.00123. The van der Waals surface area contributed by atoms with E-state index in [2.05, 4.69) is 24.5 Å². The highest BCUT2D eigenvalue weighted by atomic mass is 16.5. The quantitative estimate of drug-likeness (QED) is 0.302. The SMILES string of the molecule is CCc1c(CCNC(=O)CCC(C)CC(=O)NCCc2ccc(OC)c(OC)c2CC)ccc(OC)c1OC. The Balaban J connectivity index is 1.74. The number of amides is 2. The van der Waals surface area contributed by atoms with Crippen molar-refractivity contribution in [3.8, 4) is 23.0 Å². The fourth-order valence-electron chi connectivity index (χ4n) is 4.94. The molecule has 0 saturated heterocycles. The second kappa shape index (κ2) is 16.5. The first-order valence-corrected chi connectivity index (χ1v) is 13.8. The summed E-state index contributed by atoms with van der Waals surface area (Å²) in [6.45, 7) is 7.26. The fraction of sp³-hybridized carbons (Fsp3) is 0.548. The largest absolute Gasteiger partial charge is 0.493 e. The molecule has 0 spiro atoms. The molecule has 8 heteroatoms. The van der Waals surface area contributed by atoms with Gasteiger partial charge < -0.3 is 29.6 Å². The van der Waals surface area contributed by atoms with E-state index in [1.807, 2.05) is 31.2 Å². The smallest absolute Gasteiger partial charge is 0.220 e. The first-order chi connectivity index (χ1) is 18.8. The van der Waals surface area contributed by atoms with Crippen LogP contribution < -0.4 is 29.6 Å². The molecule has 39 heavy (non-hydrogen) atoms. The molecule has 1 unspecified atom stereocenters. The summed E-state index contributed by atoms with van der Waals surface area (Å²) in [6, 6.07) is 7.86. The molecule has 0 aliphatic rings. The van der Waals surface area contributed by atoms with Crippen LogP contribution in [0.4, 0.5) is 0 Å². The van der Waals surface area contributed by atoms with Gasteiger partial charge in [0.25, 0.3) is 0 Å². The van der Waals surface area contributed by atoms with Gasteiger partial charge in [-0.25, -0.2) is 0 Å². The van der Waals surface area contributed by atoms with Crippen molar-refractivity contribution in [2.75, 3.05) is 41.5 Å². The molecular formula is C31H46N2O6. The van der Waals surface area contributed by atoms with Gasteiger partial charge in [-0.3, -0.25) is 9.59 Å². The number of nitrogens with one attached hydrogen (secondary N) is 2. The third-order valence-electron chi connectivity index (χ3n) is 7.03. The number of carbonyl (C=O) groups is 2. The standard InChI is InChI=1S/C31H46N2O6/c1-8-24-22(11-13-26(36-4)30(24)38-6)16-18-32-28(34)15-10-21(3)20-29(35)33-19-17-23-12-14-27(37-5)31(39-7)25(23)9-2/h11-14,21H,8-10,15-20H2,1-7H3,(H,32,34)(H,33,35). The van der Waals surface area contributed by atoms with Crippen molar-refractivity contribution >= 4 is 11.8 Å². The molecule has 0 heterocycles. The Bertz CT molecular complexity index is 1090. The maximum absolute atomic E-state index is 12.5. The lowest BCUT2D eigenvalue weighted by molar-refractivity contribution is -0.123. The minimum atomic E-state index is 0.00123. The number of carbonyl (C=O) groups excluding carboxylic acids is 2. The second-order valence-corrected chi connectivity index (χ2v) is 9.63. The van der Waals surface area contributed by atoms with Gasteiger partial charge in [-0.2, -0.15) is 0 Å². The molecule has 1 atom stereocenters.